The van der Waals surface area contributed by atoms with Gasteiger partial charge in [0.2, 0.25) is 0 Å². The van der Waals surface area contributed by atoms with Crippen LogP contribution < -0.4 is 5.32 Å². The van der Waals surface area contributed by atoms with Crippen LogP contribution in [0.25, 0.3) is 5.65 Å². The molecule has 28 heavy (non-hydrogen) atoms. The third-order valence-corrected chi connectivity index (χ3v) is 5.00. The van der Waals surface area contributed by atoms with Gasteiger partial charge in [0.25, 0.3) is 0 Å². The SMILES string of the molecule is N#Cc1ccn2c3c(nc2c1)C[C@H](c1cc(F)c(F)cc1F)[C@@H](NC(=O)O)C3. The van der Waals surface area contributed by atoms with Crippen molar-refractivity contribution in [3.8, 4) is 6.07 Å². The zero-order valence-electron chi connectivity index (χ0n) is 14.3. The van der Waals surface area contributed by atoms with Crippen molar-refractivity contribution in [2.24, 2.45) is 0 Å². The van der Waals surface area contributed by atoms with Gasteiger partial charge >= 0.3 is 6.09 Å². The molecule has 0 bridgehead atoms. The summed E-state index contributed by atoms with van der Waals surface area (Å²) < 4.78 is 43.1. The highest BCUT2D eigenvalue weighted by atomic mass is 19.2. The molecule has 1 amide bonds. The highest BCUT2D eigenvalue weighted by Gasteiger charge is 2.35. The Bertz CT molecular complexity index is 1150. The normalized spacial score (nSPS) is 18.5. The lowest BCUT2D eigenvalue weighted by Crippen LogP contribution is -2.43. The van der Waals surface area contributed by atoms with Crippen molar-refractivity contribution in [2.45, 2.75) is 24.8 Å². The molecular weight excluding hydrogens is 373 g/mol. The van der Waals surface area contributed by atoms with Crippen LogP contribution in [-0.4, -0.2) is 26.6 Å². The highest BCUT2D eigenvalue weighted by Crippen LogP contribution is 2.35. The van der Waals surface area contributed by atoms with Gasteiger partial charge in [-0.2, -0.15) is 5.26 Å². The summed E-state index contributed by atoms with van der Waals surface area (Å²) >= 11 is 0. The Morgan fingerprint density at radius 1 is 1.21 bits per heavy atom. The second kappa shape index (κ2) is 6.56. The number of carbonyl (C=O) groups is 1. The molecule has 6 nitrogen and oxygen atoms in total. The Morgan fingerprint density at radius 3 is 2.68 bits per heavy atom. The average Bonchev–Trinajstić information content (AvgIpc) is 3.00. The zero-order valence-corrected chi connectivity index (χ0v) is 14.3. The minimum atomic E-state index is -1.31. The molecule has 0 aliphatic heterocycles. The van der Waals surface area contributed by atoms with E-state index in [4.69, 9.17) is 5.26 Å². The first-order valence-corrected chi connectivity index (χ1v) is 8.41. The maximum absolute atomic E-state index is 14.4. The molecule has 2 N–H and O–H groups in total. The number of fused-ring (bicyclic) bond motifs is 3. The third kappa shape index (κ3) is 2.93. The van der Waals surface area contributed by atoms with Crippen LogP contribution in [-0.2, 0) is 12.8 Å². The molecule has 142 valence electrons. The second-order valence-corrected chi connectivity index (χ2v) is 6.62. The number of pyridine rings is 1. The van der Waals surface area contributed by atoms with Gasteiger partial charge in [0.1, 0.15) is 11.5 Å². The largest absolute Gasteiger partial charge is 0.465 e. The van der Waals surface area contributed by atoms with E-state index in [9.17, 15) is 23.1 Å². The molecule has 4 rings (SSSR count). The van der Waals surface area contributed by atoms with E-state index in [2.05, 4.69) is 10.3 Å². The Labute approximate surface area is 156 Å². The summed E-state index contributed by atoms with van der Waals surface area (Å²) in [5.74, 6) is -4.22. The smallest absolute Gasteiger partial charge is 0.404 e. The first-order valence-electron chi connectivity index (χ1n) is 8.41. The van der Waals surface area contributed by atoms with E-state index in [1.807, 2.05) is 6.07 Å². The summed E-state index contributed by atoms with van der Waals surface area (Å²) in [6.45, 7) is 0. The van der Waals surface area contributed by atoms with Crippen molar-refractivity contribution in [3.63, 3.8) is 0 Å². The molecule has 0 saturated carbocycles. The predicted molar refractivity (Wildman–Crippen MR) is 91.3 cm³/mol. The lowest BCUT2D eigenvalue weighted by Gasteiger charge is -2.31. The highest BCUT2D eigenvalue weighted by molar-refractivity contribution is 5.65. The van der Waals surface area contributed by atoms with E-state index < -0.39 is 35.5 Å². The van der Waals surface area contributed by atoms with Gasteiger partial charge in [0.15, 0.2) is 11.6 Å². The minimum absolute atomic E-state index is 0.113. The van der Waals surface area contributed by atoms with Gasteiger partial charge in [0.05, 0.1) is 17.3 Å². The lowest BCUT2D eigenvalue weighted by atomic mass is 9.80. The van der Waals surface area contributed by atoms with Crippen LogP contribution in [0.1, 0.15) is 28.4 Å². The molecule has 0 unspecified atom stereocenters. The summed E-state index contributed by atoms with van der Waals surface area (Å²) in [6, 6.07) is 5.67. The molecule has 1 aliphatic carbocycles. The Kier molecular flexibility index (Phi) is 4.19. The van der Waals surface area contributed by atoms with Crippen molar-refractivity contribution in [3.05, 3.63) is 70.4 Å². The number of benzene rings is 1. The number of hydrogen-bond donors (Lipinski definition) is 2. The van der Waals surface area contributed by atoms with Crippen LogP contribution in [0.3, 0.4) is 0 Å². The van der Waals surface area contributed by atoms with Crippen LogP contribution in [0.5, 0.6) is 0 Å². The Morgan fingerprint density at radius 2 is 1.96 bits per heavy atom. The molecule has 2 heterocycles. The molecule has 0 saturated heterocycles. The molecule has 3 aromatic rings. The van der Waals surface area contributed by atoms with Crippen LogP contribution in [0.15, 0.2) is 30.5 Å². The van der Waals surface area contributed by atoms with E-state index in [1.54, 1.807) is 22.7 Å². The fourth-order valence-electron chi connectivity index (χ4n) is 3.75. The molecule has 0 radical (unpaired) electrons. The summed E-state index contributed by atoms with van der Waals surface area (Å²) in [6.07, 6.45) is 0.668. The van der Waals surface area contributed by atoms with Crippen molar-refractivity contribution in [2.75, 3.05) is 0 Å². The maximum atomic E-state index is 14.4. The molecule has 2 atom stereocenters. The van der Waals surface area contributed by atoms with Gasteiger partial charge in [-0.25, -0.2) is 22.9 Å². The third-order valence-electron chi connectivity index (χ3n) is 5.00. The van der Waals surface area contributed by atoms with Gasteiger partial charge in [-0.3, -0.25) is 0 Å². The monoisotopic (exact) mass is 386 g/mol. The number of imidazole rings is 1. The molecule has 2 aromatic heterocycles. The van der Waals surface area contributed by atoms with Gasteiger partial charge in [-0.05, 0) is 23.8 Å². The maximum Gasteiger partial charge on any atom is 0.404 e. The van der Waals surface area contributed by atoms with E-state index in [0.717, 1.165) is 11.8 Å². The molecule has 0 spiro atoms. The van der Waals surface area contributed by atoms with Gasteiger partial charge < -0.3 is 14.8 Å². The topological polar surface area (TPSA) is 90.4 Å². The molecule has 1 aliphatic rings. The summed E-state index contributed by atoms with van der Waals surface area (Å²) in [5, 5.41) is 20.6. The summed E-state index contributed by atoms with van der Waals surface area (Å²) in [4.78, 5) is 15.7. The van der Waals surface area contributed by atoms with Crippen molar-refractivity contribution in [1.82, 2.24) is 14.7 Å². The van der Waals surface area contributed by atoms with Gasteiger partial charge in [-0.15, -0.1) is 0 Å². The number of nitriles is 1. The standard InChI is InChI=1S/C19H13F3N4O2/c20-12-6-14(22)13(21)4-10(12)11-5-16-17(7-15(11)25-19(27)28)26-2-1-9(8-23)3-18(26)24-16/h1-4,6,11,15,25H,5,7H2,(H,27,28)/t11-,15+/m1/s1. The first-order chi connectivity index (χ1) is 13.4. The van der Waals surface area contributed by atoms with Crippen LogP contribution in [0.2, 0.25) is 0 Å². The quantitative estimate of drug-likeness (QED) is 0.662. The summed E-state index contributed by atoms with van der Waals surface area (Å²) in [7, 11) is 0. The van der Waals surface area contributed by atoms with Gasteiger partial charge in [-0.1, -0.05) is 0 Å². The second-order valence-electron chi connectivity index (χ2n) is 6.62. The number of carboxylic acid groups (broad SMARTS) is 1. The predicted octanol–water partition coefficient (Wildman–Crippen LogP) is 3.14. The van der Waals surface area contributed by atoms with Gasteiger partial charge in [0, 0.05) is 42.8 Å². The number of amides is 1. The van der Waals surface area contributed by atoms with E-state index in [1.165, 1.54) is 0 Å². The molecule has 0 fully saturated rings. The lowest BCUT2D eigenvalue weighted by molar-refractivity contribution is 0.186. The van der Waals surface area contributed by atoms with E-state index in [0.29, 0.717) is 23.0 Å². The van der Waals surface area contributed by atoms with E-state index in [-0.39, 0.29) is 18.4 Å². The van der Waals surface area contributed by atoms with Crippen molar-refractivity contribution in [1.29, 1.82) is 5.26 Å². The number of nitrogens with zero attached hydrogens (tertiary/aromatic N) is 3. The first kappa shape index (κ1) is 17.9. The van der Waals surface area contributed by atoms with E-state index >= 15 is 0 Å². The summed E-state index contributed by atoms with van der Waals surface area (Å²) in [5.41, 5.74) is 2.12. The number of nitrogens with one attached hydrogen (secondary N) is 1. The Hall–Kier alpha value is -3.54. The molecular formula is C19H13F3N4O2. The zero-order chi connectivity index (χ0) is 20.0. The van der Waals surface area contributed by atoms with Crippen molar-refractivity contribution < 1.29 is 23.1 Å². The molecule has 9 heteroatoms. The van der Waals surface area contributed by atoms with Crippen LogP contribution in [0, 0.1) is 28.8 Å². The minimum Gasteiger partial charge on any atom is -0.465 e. The molecule has 1 aromatic carbocycles. The number of rotatable bonds is 2. The Balaban J connectivity index is 1.83. The average molecular weight is 386 g/mol. The fraction of sp³-hybridized carbons (Fsp3) is 0.211. The number of aromatic nitrogens is 2. The number of halogens is 3. The van der Waals surface area contributed by atoms with Crippen LogP contribution in [0.4, 0.5) is 18.0 Å². The fourth-order valence-corrected chi connectivity index (χ4v) is 3.75. The number of hydrogen-bond acceptors (Lipinski definition) is 3. The van der Waals surface area contributed by atoms with Crippen LogP contribution >= 0.6 is 0 Å². The van der Waals surface area contributed by atoms with Crippen molar-refractivity contribution >= 4 is 11.7 Å².